The standard InChI is InChI=1S/C17H19N5OS/c1-12-4-6-13(7-5-12)16-14(22-8-9-24-17(22)19-16)10-18-20-15(23)11-21(2)3/h4-10H,11H2,1-3H3,(H,20,23)/b18-10+. The summed E-state index contributed by atoms with van der Waals surface area (Å²) in [5, 5.41) is 6.07. The number of carbonyl (C=O) groups is 1. The number of carbonyl (C=O) groups excluding carboxylic acids is 1. The molecule has 7 heteroatoms. The van der Waals surface area contributed by atoms with Crippen molar-refractivity contribution in [3.63, 3.8) is 0 Å². The van der Waals surface area contributed by atoms with Gasteiger partial charge in [-0.2, -0.15) is 5.10 Å². The van der Waals surface area contributed by atoms with E-state index in [0.29, 0.717) is 6.54 Å². The predicted molar refractivity (Wildman–Crippen MR) is 97.5 cm³/mol. The number of rotatable bonds is 5. The van der Waals surface area contributed by atoms with E-state index in [9.17, 15) is 4.79 Å². The molecule has 3 aromatic rings. The first-order chi connectivity index (χ1) is 11.5. The molecule has 0 radical (unpaired) electrons. The van der Waals surface area contributed by atoms with Gasteiger partial charge in [-0.3, -0.25) is 9.20 Å². The molecule has 0 saturated carbocycles. The van der Waals surface area contributed by atoms with Crippen LogP contribution in [0.1, 0.15) is 11.3 Å². The maximum absolute atomic E-state index is 11.7. The van der Waals surface area contributed by atoms with Gasteiger partial charge in [-0.15, -0.1) is 11.3 Å². The maximum atomic E-state index is 11.7. The lowest BCUT2D eigenvalue weighted by Crippen LogP contribution is -2.30. The van der Waals surface area contributed by atoms with E-state index in [4.69, 9.17) is 0 Å². The lowest BCUT2D eigenvalue weighted by atomic mass is 10.1. The van der Waals surface area contributed by atoms with Crippen molar-refractivity contribution in [1.82, 2.24) is 19.7 Å². The minimum Gasteiger partial charge on any atom is -0.301 e. The zero-order valence-corrected chi connectivity index (χ0v) is 14.7. The molecule has 0 spiro atoms. The third kappa shape index (κ3) is 3.52. The highest BCUT2D eigenvalue weighted by Gasteiger charge is 2.13. The number of likely N-dealkylation sites (N-methyl/N-ethyl adjacent to an activating group) is 1. The smallest absolute Gasteiger partial charge is 0.254 e. The van der Waals surface area contributed by atoms with Gasteiger partial charge in [0.25, 0.3) is 5.91 Å². The number of hydrogen-bond donors (Lipinski definition) is 1. The average molecular weight is 341 g/mol. The summed E-state index contributed by atoms with van der Waals surface area (Å²) in [5.74, 6) is -0.154. The summed E-state index contributed by atoms with van der Waals surface area (Å²) >= 11 is 1.56. The van der Waals surface area contributed by atoms with E-state index in [2.05, 4.69) is 34.6 Å². The fourth-order valence-electron chi connectivity index (χ4n) is 2.34. The van der Waals surface area contributed by atoms with E-state index >= 15 is 0 Å². The van der Waals surface area contributed by atoms with Crippen molar-refractivity contribution in [1.29, 1.82) is 0 Å². The topological polar surface area (TPSA) is 62.0 Å². The molecule has 6 nitrogen and oxygen atoms in total. The Balaban J connectivity index is 1.91. The van der Waals surface area contributed by atoms with Gasteiger partial charge in [0.05, 0.1) is 24.1 Å². The van der Waals surface area contributed by atoms with Gasteiger partial charge in [0.2, 0.25) is 0 Å². The van der Waals surface area contributed by atoms with Crippen LogP contribution in [0, 0.1) is 6.92 Å². The van der Waals surface area contributed by atoms with Crippen molar-refractivity contribution >= 4 is 28.4 Å². The van der Waals surface area contributed by atoms with Crippen LogP contribution < -0.4 is 5.43 Å². The number of hydrogen-bond acceptors (Lipinski definition) is 5. The zero-order valence-electron chi connectivity index (χ0n) is 13.9. The molecule has 1 N–H and O–H groups in total. The van der Waals surface area contributed by atoms with Crippen molar-refractivity contribution < 1.29 is 4.79 Å². The highest BCUT2D eigenvalue weighted by atomic mass is 32.1. The van der Waals surface area contributed by atoms with Gasteiger partial charge in [0.15, 0.2) is 4.96 Å². The van der Waals surface area contributed by atoms with E-state index in [1.807, 2.05) is 42.2 Å². The van der Waals surface area contributed by atoms with Crippen molar-refractivity contribution in [3.8, 4) is 11.3 Å². The minimum absolute atomic E-state index is 0.154. The number of aryl methyl sites for hydroxylation is 1. The van der Waals surface area contributed by atoms with Gasteiger partial charge >= 0.3 is 0 Å². The molecule has 0 atom stereocenters. The minimum atomic E-state index is -0.154. The third-order valence-corrected chi connectivity index (χ3v) is 4.22. The number of nitrogens with one attached hydrogen (secondary N) is 1. The van der Waals surface area contributed by atoms with Crippen LogP contribution in [0.2, 0.25) is 0 Å². The largest absolute Gasteiger partial charge is 0.301 e. The summed E-state index contributed by atoms with van der Waals surface area (Å²) < 4.78 is 1.97. The van der Waals surface area contributed by atoms with Crippen molar-refractivity contribution in [2.45, 2.75) is 6.92 Å². The van der Waals surface area contributed by atoms with Crippen LogP contribution >= 0.6 is 11.3 Å². The number of hydrazone groups is 1. The molecule has 1 aromatic carbocycles. The molecule has 2 heterocycles. The molecular weight excluding hydrogens is 322 g/mol. The molecule has 0 bridgehead atoms. The molecule has 0 saturated heterocycles. The Bertz CT molecular complexity index is 876. The SMILES string of the molecule is Cc1ccc(-c2nc3sccn3c2/C=N/NC(=O)CN(C)C)cc1. The maximum Gasteiger partial charge on any atom is 0.254 e. The van der Waals surface area contributed by atoms with Crippen LogP contribution in [0.5, 0.6) is 0 Å². The molecule has 0 unspecified atom stereocenters. The van der Waals surface area contributed by atoms with Gasteiger partial charge in [-0.1, -0.05) is 29.8 Å². The van der Waals surface area contributed by atoms with Gasteiger partial charge in [0.1, 0.15) is 0 Å². The normalized spacial score (nSPS) is 11.7. The van der Waals surface area contributed by atoms with Crippen molar-refractivity contribution in [2.24, 2.45) is 5.10 Å². The number of fused-ring (bicyclic) bond motifs is 1. The van der Waals surface area contributed by atoms with Gasteiger partial charge in [-0.25, -0.2) is 10.4 Å². The summed E-state index contributed by atoms with van der Waals surface area (Å²) in [6.45, 7) is 2.35. The Labute approximate surface area is 144 Å². The summed E-state index contributed by atoms with van der Waals surface area (Å²) in [6.07, 6.45) is 3.60. The Hall–Kier alpha value is -2.51. The molecule has 2 aromatic heterocycles. The second-order valence-corrected chi connectivity index (χ2v) is 6.67. The summed E-state index contributed by atoms with van der Waals surface area (Å²) in [4.78, 5) is 19.1. The van der Waals surface area contributed by atoms with Crippen molar-refractivity contribution in [2.75, 3.05) is 20.6 Å². The lowest BCUT2D eigenvalue weighted by molar-refractivity contribution is -0.121. The number of aromatic nitrogens is 2. The van der Waals surface area contributed by atoms with Gasteiger partial charge in [-0.05, 0) is 21.0 Å². The second kappa shape index (κ2) is 6.94. The predicted octanol–water partition coefficient (Wildman–Crippen LogP) is 2.38. The quantitative estimate of drug-likeness (QED) is 0.572. The first kappa shape index (κ1) is 16.4. The highest BCUT2D eigenvalue weighted by molar-refractivity contribution is 7.15. The Morgan fingerprint density at radius 3 is 2.83 bits per heavy atom. The van der Waals surface area contributed by atoms with Crippen LogP contribution in [0.4, 0.5) is 0 Å². The van der Waals surface area contributed by atoms with Gasteiger partial charge in [0, 0.05) is 17.1 Å². The molecule has 24 heavy (non-hydrogen) atoms. The zero-order chi connectivity index (χ0) is 17.1. The molecule has 124 valence electrons. The number of amides is 1. The van der Waals surface area contributed by atoms with Crippen LogP contribution in [-0.2, 0) is 4.79 Å². The molecule has 1 amide bonds. The molecule has 0 aliphatic heterocycles. The molecule has 0 fully saturated rings. The number of benzene rings is 1. The molecule has 0 aliphatic carbocycles. The van der Waals surface area contributed by atoms with Crippen molar-refractivity contribution in [3.05, 3.63) is 47.1 Å². The monoisotopic (exact) mass is 341 g/mol. The Morgan fingerprint density at radius 2 is 2.12 bits per heavy atom. The summed E-state index contributed by atoms with van der Waals surface area (Å²) in [5.41, 5.74) is 6.48. The summed E-state index contributed by atoms with van der Waals surface area (Å²) in [7, 11) is 3.68. The molecule has 0 aliphatic rings. The van der Waals surface area contributed by atoms with Gasteiger partial charge < -0.3 is 4.90 Å². The summed E-state index contributed by atoms with van der Waals surface area (Å²) in [6, 6.07) is 8.21. The van der Waals surface area contributed by atoms with E-state index in [1.54, 1.807) is 22.5 Å². The number of nitrogens with zero attached hydrogens (tertiary/aromatic N) is 4. The number of imidazole rings is 1. The van der Waals surface area contributed by atoms with Crippen LogP contribution in [0.3, 0.4) is 0 Å². The first-order valence-corrected chi connectivity index (χ1v) is 8.42. The fraction of sp³-hybridized carbons (Fsp3) is 0.235. The molecule has 3 rings (SSSR count). The van der Waals surface area contributed by atoms with Crippen LogP contribution in [0.25, 0.3) is 16.2 Å². The van der Waals surface area contributed by atoms with E-state index in [-0.39, 0.29) is 5.91 Å². The van der Waals surface area contributed by atoms with E-state index in [0.717, 1.165) is 21.9 Å². The fourth-order valence-corrected chi connectivity index (χ4v) is 3.06. The molecular formula is C17H19N5OS. The first-order valence-electron chi connectivity index (χ1n) is 7.54. The second-order valence-electron chi connectivity index (χ2n) is 5.80. The van der Waals surface area contributed by atoms with Crippen LogP contribution in [0.15, 0.2) is 40.9 Å². The third-order valence-electron chi connectivity index (χ3n) is 3.46. The highest BCUT2D eigenvalue weighted by Crippen LogP contribution is 2.25. The van der Waals surface area contributed by atoms with E-state index in [1.165, 1.54) is 5.56 Å². The van der Waals surface area contributed by atoms with Crippen LogP contribution in [-0.4, -0.2) is 47.0 Å². The average Bonchev–Trinajstić information content (AvgIpc) is 3.09. The lowest BCUT2D eigenvalue weighted by Gasteiger charge is -2.06. The Morgan fingerprint density at radius 1 is 1.38 bits per heavy atom. The number of thiazole rings is 1. The van der Waals surface area contributed by atoms with E-state index < -0.39 is 0 Å². The Kier molecular flexibility index (Phi) is 4.73.